The van der Waals surface area contributed by atoms with Gasteiger partial charge in [-0.3, -0.25) is 0 Å². The van der Waals surface area contributed by atoms with E-state index in [1.54, 1.807) is 19.9 Å². The Morgan fingerprint density at radius 2 is 1.55 bits per heavy atom. The van der Waals surface area contributed by atoms with Gasteiger partial charge in [-0.25, -0.2) is 13.2 Å². The first-order chi connectivity index (χ1) is 15.8. The van der Waals surface area contributed by atoms with E-state index in [2.05, 4.69) is 4.72 Å². The van der Waals surface area contributed by atoms with Gasteiger partial charge >= 0.3 is 5.97 Å². The second-order valence-electron chi connectivity index (χ2n) is 7.90. The first-order valence-corrected chi connectivity index (χ1v) is 12.1. The number of sulfonamides is 1. The Balaban J connectivity index is 1.78. The number of aryl methyl sites for hydroxylation is 1. The average molecular weight is 464 g/mol. The molecule has 3 aromatic carbocycles. The van der Waals surface area contributed by atoms with Crippen LogP contribution in [0.5, 0.6) is 0 Å². The van der Waals surface area contributed by atoms with E-state index in [-0.39, 0.29) is 17.3 Å². The minimum absolute atomic E-state index is 0.0763. The van der Waals surface area contributed by atoms with E-state index in [0.29, 0.717) is 16.5 Å². The fraction of sp³-hybridized carbons (Fsp3) is 0.192. The molecule has 6 nitrogen and oxygen atoms in total. The van der Waals surface area contributed by atoms with Crippen LogP contribution in [0.2, 0.25) is 0 Å². The summed E-state index contributed by atoms with van der Waals surface area (Å²) in [4.78, 5) is 12.2. The first kappa shape index (κ1) is 22.8. The van der Waals surface area contributed by atoms with Crippen LogP contribution in [0.15, 0.2) is 88.2 Å². The van der Waals surface area contributed by atoms with Crippen molar-refractivity contribution in [3.05, 3.63) is 101 Å². The van der Waals surface area contributed by atoms with Gasteiger partial charge in [-0.1, -0.05) is 60.7 Å². The molecule has 0 unspecified atom stereocenters. The summed E-state index contributed by atoms with van der Waals surface area (Å²) in [6.45, 7) is 5.48. The molecule has 0 saturated heterocycles. The molecule has 0 fully saturated rings. The van der Waals surface area contributed by atoms with Crippen molar-refractivity contribution >= 4 is 27.0 Å². The lowest BCUT2D eigenvalue weighted by atomic mass is 9.86. The highest BCUT2D eigenvalue weighted by Crippen LogP contribution is 2.33. The van der Waals surface area contributed by atoms with Crippen LogP contribution in [-0.2, 0) is 20.3 Å². The Bertz CT molecular complexity index is 1350. The third-order valence-corrected chi connectivity index (χ3v) is 7.27. The van der Waals surface area contributed by atoms with E-state index in [9.17, 15) is 13.2 Å². The summed E-state index contributed by atoms with van der Waals surface area (Å²) in [5.74, 6) is -0.498. The number of esters is 1. The van der Waals surface area contributed by atoms with Gasteiger partial charge in [0.25, 0.3) is 0 Å². The molecule has 1 heterocycles. The van der Waals surface area contributed by atoms with Gasteiger partial charge in [0.2, 0.25) is 15.8 Å². The van der Waals surface area contributed by atoms with E-state index >= 15 is 0 Å². The van der Waals surface area contributed by atoms with Gasteiger partial charge in [-0.2, -0.15) is 4.72 Å². The lowest BCUT2D eigenvalue weighted by Crippen LogP contribution is -2.44. The Kier molecular flexibility index (Phi) is 6.10. The summed E-state index contributed by atoms with van der Waals surface area (Å²) >= 11 is 0. The standard InChI is InChI=1S/C26H25NO5S/c1-4-31-25(28)24-18(2)22-17-21(15-16-23(22)32-24)33(29,30)27-26(3,19-11-7-5-8-12-19)20-13-9-6-10-14-20/h5-17,27H,4H2,1-3H3. The van der Waals surface area contributed by atoms with Crippen molar-refractivity contribution in [3.8, 4) is 0 Å². The molecule has 4 aromatic rings. The Morgan fingerprint density at radius 1 is 0.970 bits per heavy atom. The van der Waals surface area contributed by atoms with Crippen LogP contribution >= 0.6 is 0 Å². The predicted octanol–water partition coefficient (Wildman–Crippen LogP) is 5.16. The molecule has 0 bridgehead atoms. The maximum absolute atomic E-state index is 13.6. The molecule has 0 saturated carbocycles. The molecule has 0 atom stereocenters. The second-order valence-corrected chi connectivity index (χ2v) is 9.58. The fourth-order valence-corrected chi connectivity index (χ4v) is 5.32. The largest absolute Gasteiger partial charge is 0.460 e. The van der Waals surface area contributed by atoms with E-state index in [1.165, 1.54) is 12.1 Å². The molecule has 0 aliphatic carbocycles. The lowest BCUT2D eigenvalue weighted by Gasteiger charge is -2.32. The zero-order valence-corrected chi connectivity index (χ0v) is 19.5. The van der Waals surface area contributed by atoms with Crippen LogP contribution in [0.1, 0.15) is 41.1 Å². The summed E-state index contributed by atoms with van der Waals surface area (Å²) in [6, 6.07) is 23.4. The van der Waals surface area contributed by atoms with Gasteiger partial charge in [0.15, 0.2) is 0 Å². The van der Waals surface area contributed by atoms with Gasteiger partial charge in [0.05, 0.1) is 17.0 Å². The zero-order valence-electron chi connectivity index (χ0n) is 18.7. The van der Waals surface area contributed by atoms with Gasteiger partial charge in [-0.05, 0) is 50.1 Å². The quantitative estimate of drug-likeness (QED) is 0.383. The van der Waals surface area contributed by atoms with E-state index in [0.717, 1.165) is 11.1 Å². The third kappa shape index (κ3) is 4.29. The van der Waals surface area contributed by atoms with E-state index < -0.39 is 21.5 Å². The molecule has 170 valence electrons. The van der Waals surface area contributed by atoms with Gasteiger partial charge in [0.1, 0.15) is 5.58 Å². The summed E-state index contributed by atoms with van der Waals surface area (Å²) < 4.78 is 40.7. The van der Waals surface area contributed by atoms with Crippen LogP contribution < -0.4 is 4.72 Å². The molecule has 1 aromatic heterocycles. The number of nitrogens with one attached hydrogen (secondary N) is 1. The first-order valence-electron chi connectivity index (χ1n) is 10.6. The highest BCUT2D eigenvalue weighted by Gasteiger charge is 2.34. The Hall–Kier alpha value is -3.42. The van der Waals surface area contributed by atoms with Crippen LogP contribution in [0, 0.1) is 6.92 Å². The normalized spacial score (nSPS) is 12.1. The van der Waals surface area contributed by atoms with Crippen LogP contribution in [0.4, 0.5) is 0 Å². The molecule has 0 amide bonds. The van der Waals surface area contributed by atoms with Crippen molar-refractivity contribution in [2.24, 2.45) is 0 Å². The molecule has 0 spiro atoms. The number of ether oxygens (including phenoxy) is 1. The van der Waals surface area contributed by atoms with Gasteiger partial charge < -0.3 is 9.15 Å². The smallest absolute Gasteiger partial charge is 0.374 e. The van der Waals surface area contributed by atoms with Crippen LogP contribution in [0.3, 0.4) is 0 Å². The van der Waals surface area contributed by atoms with Crippen LogP contribution in [0.25, 0.3) is 11.0 Å². The van der Waals surface area contributed by atoms with Crippen LogP contribution in [-0.4, -0.2) is 21.0 Å². The second kappa shape index (κ2) is 8.84. The maximum Gasteiger partial charge on any atom is 0.374 e. The fourth-order valence-electron chi connectivity index (χ4n) is 3.91. The Labute approximate surface area is 193 Å². The topological polar surface area (TPSA) is 85.6 Å². The lowest BCUT2D eigenvalue weighted by molar-refractivity contribution is 0.0491. The van der Waals surface area contributed by atoms with Crippen molar-refractivity contribution in [2.75, 3.05) is 6.61 Å². The SMILES string of the molecule is CCOC(=O)c1oc2ccc(S(=O)(=O)NC(C)(c3ccccc3)c3ccccc3)cc2c1C. The summed E-state index contributed by atoms with van der Waals surface area (Å²) in [5, 5.41) is 0.544. The number of furan rings is 1. The molecule has 0 aliphatic heterocycles. The maximum atomic E-state index is 13.6. The molecule has 1 N–H and O–H groups in total. The Morgan fingerprint density at radius 3 is 2.09 bits per heavy atom. The number of hydrogen-bond acceptors (Lipinski definition) is 5. The summed E-state index contributed by atoms with van der Waals surface area (Å²) in [5.41, 5.74) is 1.57. The van der Waals surface area contributed by atoms with Crippen molar-refractivity contribution in [3.63, 3.8) is 0 Å². The van der Waals surface area contributed by atoms with Gasteiger partial charge in [0, 0.05) is 10.9 Å². The number of carbonyl (C=O) groups excluding carboxylic acids is 1. The minimum Gasteiger partial charge on any atom is -0.460 e. The molecule has 33 heavy (non-hydrogen) atoms. The highest BCUT2D eigenvalue weighted by molar-refractivity contribution is 7.89. The molecule has 0 radical (unpaired) electrons. The van der Waals surface area contributed by atoms with E-state index in [4.69, 9.17) is 9.15 Å². The van der Waals surface area contributed by atoms with Gasteiger partial charge in [-0.15, -0.1) is 0 Å². The molecular weight excluding hydrogens is 438 g/mol. The third-order valence-electron chi connectivity index (χ3n) is 5.72. The summed E-state index contributed by atoms with van der Waals surface area (Å²) in [7, 11) is -3.95. The van der Waals surface area contributed by atoms with Crippen molar-refractivity contribution in [1.29, 1.82) is 0 Å². The number of hydrogen-bond donors (Lipinski definition) is 1. The number of fused-ring (bicyclic) bond motifs is 1. The monoisotopic (exact) mass is 463 g/mol. The number of benzene rings is 3. The number of carbonyl (C=O) groups is 1. The van der Waals surface area contributed by atoms with E-state index in [1.807, 2.05) is 67.6 Å². The minimum atomic E-state index is -3.95. The molecule has 0 aliphatic rings. The zero-order chi connectivity index (χ0) is 23.6. The van der Waals surface area contributed by atoms with Crippen molar-refractivity contribution < 1.29 is 22.4 Å². The predicted molar refractivity (Wildman–Crippen MR) is 127 cm³/mol. The molecule has 7 heteroatoms. The van der Waals surface area contributed by atoms with Crippen molar-refractivity contribution in [2.45, 2.75) is 31.2 Å². The molecule has 4 rings (SSSR count). The summed E-state index contributed by atoms with van der Waals surface area (Å²) in [6.07, 6.45) is 0. The average Bonchev–Trinajstić information content (AvgIpc) is 3.16. The highest BCUT2D eigenvalue weighted by atomic mass is 32.2. The van der Waals surface area contributed by atoms with Crippen molar-refractivity contribution in [1.82, 2.24) is 4.72 Å². The molecular formula is C26H25NO5S. The number of rotatable bonds is 7.